The number of hydrogen-bond acceptors (Lipinski definition) is 6. The van der Waals surface area contributed by atoms with Gasteiger partial charge >= 0.3 is 12.1 Å². The average Bonchev–Trinajstić information content (AvgIpc) is 3.06. The van der Waals surface area contributed by atoms with E-state index in [1.54, 1.807) is 7.11 Å². The molecule has 0 aromatic heterocycles. The van der Waals surface area contributed by atoms with Crippen molar-refractivity contribution in [3.63, 3.8) is 0 Å². The summed E-state index contributed by atoms with van der Waals surface area (Å²) in [7, 11) is 1.63. The molecule has 9 heteroatoms. The number of nitrogens with zero attached hydrogens (tertiary/aromatic N) is 1. The molecule has 9 nitrogen and oxygen atoms in total. The van der Waals surface area contributed by atoms with Crippen molar-refractivity contribution in [2.75, 3.05) is 26.7 Å². The summed E-state index contributed by atoms with van der Waals surface area (Å²) in [5, 5.41) is 16.1. The van der Waals surface area contributed by atoms with Crippen LogP contribution in [0.25, 0.3) is 0 Å². The van der Waals surface area contributed by atoms with E-state index in [1.165, 1.54) is 0 Å². The van der Waals surface area contributed by atoms with Crippen molar-refractivity contribution in [2.24, 2.45) is 0 Å². The summed E-state index contributed by atoms with van der Waals surface area (Å²) in [6.07, 6.45) is 7.78. The second-order valence-electron chi connectivity index (χ2n) is 11.2. The minimum atomic E-state index is -0.532. The Labute approximate surface area is 219 Å². The summed E-state index contributed by atoms with van der Waals surface area (Å²) in [6, 6.07) is 3.86. The smallest absolute Gasteiger partial charge is 0.407 e. The number of benzene rings is 1. The second-order valence-corrected chi connectivity index (χ2v) is 11.2. The largest absolute Gasteiger partial charge is 0.493 e. The molecule has 4 rings (SSSR count). The van der Waals surface area contributed by atoms with Crippen LogP contribution in [-0.4, -0.2) is 66.7 Å². The molecule has 204 valence electrons. The van der Waals surface area contributed by atoms with Gasteiger partial charge in [0.2, 0.25) is 0 Å². The number of rotatable bonds is 8. The number of nitrogens with one attached hydrogen (secondary N) is 2. The normalized spacial score (nSPS) is 23.9. The Morgan fingerprint density at radius 2 is 1.89 bits per heavy atom. The molecule has 1 spiro atoms. The van der Waals surface area contributed by atoms with Gasteiger partial charge in [0.05, 0.1) is 18.6 Å². The van der Waals surface area contributed by atoms with Gasteiger partial charge in [0.25, 0.3) is 0 Å². The van der Waals surface area contributed by atoms with E-state index >= 15 is 0 Å². The van der Waals surface area contributed by atoms with E-state index < -0.39 is 11.7 Å². The summed E-state index contributed by atoms with van der Waals surface area (Å²) in [4.78, 5) is 26.6. The van der Waals surface area contributed by atoms with Gasteiger partial charge in [-0.25, -0.2) is 9.59 Å². The molecule has 1 aliphatic carbocycles. The van der Waals surface area contributed by atoms with Gasteiger partial charge in [-0.05, 0) is 51.7 Å². The van der Waals surface area contributed by atoms with Gasteiger partial charge in [0.15, 0.2) is 11.5 Å². The molecule has 2 heterocycles. The summed E-state index contributed by atoms with van der Waals surface area (Å²) in [6.45, 7) is 7.82. The Bertz CT molecular complexity index is 1020. The molecule has 1 aromatic carbocycles. The predicted molar refractivity (Wildman–Crippen MR) is 140 cm³/mol. The molecule has 2 aliphatic heterocycles. The predicted octanol–water partition coefficient (Wildman–Crippen LogP) is 4.02. The van der Waals surface area contributed by atoms with Crippen molar-refractivity contribution in [1.82, 2.24) is 15.5 Å². The summed E-state index contributed by atoms with van der Waals surface area (Å²) in [5.41, 5.74) is 1.30. The molecule has 2 unspecified atom stereocenters. The number of aliphatic hydroxyl groups excluding tert-OH is 1. The highest BCUT2D eigenvalue weighted by Gasteiger charge is 2.53. The maximum Gasteiger partial charge on any atom is 0.407 e. The van der Waals surface area contributed by atoms with Crippen LogP contribution in [0.1, 0.15) is 70.4 Å². The number of carbonyl (C=O) groups excluding carboxylic acids is 2. The van der Waals surface area contributed by atoms with Crippen molar-refractivity contribution < 1.29 is 28.9 Å². The lowest BCUT2D eigenvalue weighted by Gasteiger charge is -2.35. The standard InChI is InChI=1S/C28H41N3O6/c1-27(2,3)37-26(34)30-15-8-6-5-7-14-29-25(33)31-16-13-28-12-11-20(32)17-22(28)36-24-21(35-4)10-9-19(18-31)23(24)28/h9-12,20,22,32H,5-8,13-18H2,1-4H3,(H,29,33)(H,30,34)/t20-,22?,28?/m0/s1. The summed E-state index contributed by atoms with van der Waals surface area (Å²) in [5.74, 6) is 1.43. The number of hydrogen-bond donors (Lipinski definition) is 3. The molecule has 3 amide bonds. The van der Waals surface area contributed by atoms with Gasteiger partial charge in [0, 0.05) is 38.2 Å². The number of unbranched alkanes of at least 4 members (excludes halogenated alkanes) is 3. The Hall–Kier alpha value is -2.94. The van der Waals surface area contributed by atoms with Gasteiger partial charge in [-0.15, -0.1) is 0 Å². The first-order chi connectivity index (χ1) is 17.6. The Kier molecular flexibility index (Phi) is 8.21. The molecule has 0 bridgehead atoms. The van der Waals surface area contributed by atoms with Crippen molar-refractivity contribution in [2.45, 2.75) is 89.1 Å². The van der Waals surface area contributed by atoms with Crippen molar-refractivity contribution in [1.29, 1.82) is 0 Å². The van der Waals surface area contributed by atoms with Crippen molar-refractivity contribution >= 4 is 12.1 Å². The maximum atomic E-state index is 13.1. The molecule has 37 heavy (non-hydrogen) atoms. The van der Waals surface area contributed by atoms with Crippen LogP contribution in [-0.2, 0) is 16.7 Å². The Morgan fingerprint density at radius 1 is 1.16 bits per heavy atom. The summed E-state index contributed by atoms with van der Waals surface area (Å²) >= 11 is 0. The van der Waals surface area contributed by atoms with E-state index in [0.717, 1.165) is 49.0 Å². The zero-order chi connectivity index (χ0) is 26.6. The number of urea groups is 1. The van der Waals surface area contributed by atoms with Crippen LogP contribution >= 0.6 is 0 Å². The zero-order valence-electron chi connectivity index (χ0n) is 22.5. The second kappa shape index (κ2) is 11.2. The molecule has 0 fully saturated rings. The molecule has 3 atom stereocenters. The third kappa shape index (κ3) is 6.14. The minimum absolute atomic E-state index is 0.0650. The molecule has 0 radical (unpaired) electrons. The van der Waals surface area contributed by atoms with Crippen LogP contribution in [0.2, 0.25) is 0 Å². The zero-order valence-corrected chi connectivity index (χ0v) is 22.5. The van der Waals surface area contributed by atoms with Gasteiger partial charge in [-0.2, -0.15) is 0 Å². The first kappa shape index (κ1) is 27.1. The van der Waals surface area contributed by atoms with E-state index in [9.17, 15) is 14.7 Å². The number of aliphatic hydroxyl groups is 1. The van der Waals surface area contributed by atoms with Crippen LogP contribution in [0.5, 0.6) is 11.5 Å². The first-order valence-electron chi connectivity index (χ1n) is 13.4. The third-order valence-corrected chi connectivity index (χ3v) is 7.29. The van der Waals surface area contributed by atoms with Gasteiger partial charge in [-0.3, -0.25) is 0 Å². The molecule has 0 saturated heterocycles. The minimum Gasteiger partial charge on any atom is -0.493 e. The molecular weight excluding hydrogens is 474 g/mol. The van der Waals surface area contributed by atoms with E-state index in [4.69, 9.17) is 14.2 Å². The van der Waals surface area contributed by atoms with Gasteiger partial charge in [0.1, 0.15) is 11.7 Å². The maximum absolute atomic E-state index is 13.1. The topological polar surface area (TPSA) is 109 Å². The number of amides is 3. The van der Waals surface area contributed by atoms with Crippen LogP contribution in [0.15, 0.2) is 24.3 Å². The van der Waals surface area contributed by atoms with E-state index in [-0.39, 0.29) is 23.6 Å². The third-order valence-electron chi connectivity index (χ3n) is 7.29. The van der Waals surface area contributed by atoms with Crippen LogP contribution in [0.4, 0.5) is 9.59 Å². The Morgan fingerprint density at radius 3 is 2.59 bits per heavy atom. The molecule has 0 saturated carbocycles. The quantitative estimate of drug-likeness (QED) is 0.357. The SMILES string of the molecule is COc1ccc2c3c1OC1C[C@@H](O)C=CC31CCN(C(=O)NCCCCCCNC(=O)OC(C)(C)C)C2. The Balaban J connectivity index is 1.26. The van der Waals surface area contributed by atoms with E-state index in [0.29, 0.717) is 38.3 Å². The van der Waals surface area contributed by atoms with Gasteiger partial charge in [-0.1, -0.05) is 31.1 Å². The molecule has 3 N–H and O–H groups in total. The number of methoxy groups -OCH3 is 1. The molecular formula is C28H41N3O6. The average molecular weight is 516 g/mol. The fourth-order valence-electron chi connectivity index (χ4n) is 5.52. The van der Waals surface area contributed by atoms with Crippen molar-refractivity contribution in [3.05, 3.63) is 35.4 Å². The highest BCUT2D eigenvalue weighted by atomic mass is 16.6. The number of carbonyl (C=O) groups is 2. The fraction of sp³-hybridized carbons (Fsp3) is 0.643. The lowest BCUT2D eigenvalue weighted by molar-refractivity contribution is 0.0526. The molecule has 3 aliphatic rings. The highest BCUT2D eigenvalue weighted by molar-refractivity contribution is 5.75. The first-order valence-corrected chi connectivity index (χ1v) is 13.4. The number of alkyl carbamates (subject to hydrolysis) is 1. The van der Waals surface area contributed by atoms with Crippen LogP contribution in [0, 0.1) is 0 Å². The molecule has 1 aromatic rings. The fourth-order valence-corrected chi connectivity index (χ4v) is 5.52. The van der Waals surface area contributed by atoms with Crippen molar-refractivity contribution in [3.8, 4) is 11.5 Å². The lowest BCUT2D eigenvalue weighted by Crippen LogP contribution is -2.44. The van der Waals surface area contributed by atoms with Crippen LogP contribution in [0.3, 0.4) is 0 Å². The van der Waals surface area contributed by atoms with E-state index in [2.05, 4.69) is 16.7 Å². The lowest BCUT2D eigenvalue weighted by atomic mass is 9.69. The monoisotopic (exact) mass is 515 g/mol. The number of ether oxygens (including phenoxy) is 3. The van der Waals surface area contributed by atoms with E-state index in [1.807, 2.05) is 43.9 Å². The summed E-state index contributed by atoms with van der Waals surface area (Å²) < 4.78 is 17.1. The highest BCUT2D eigenvalue weighted by Crippen LogP contribution is 2.55. The van der Waals surface area contributed by atoms with Crippen LogP contribution < -0.4 is 20.1 Å². The van der Waals surface area contributed by atoms with Gasteiger partial charge < -0.3 is 34.9 Å².